The number of H-pyrrole nitrogens is 1. The summed E-state index contributed by atoms with van der Waals surface area (Å²) in [7, 11) is 0. The van der Waals surface area contributed by atoms with E-state index in [0.717, 1.165) is 5.39 Å². The van der Waals surface area contributed by atoms with Gasteiger partial charge in [-0.05, 0) is 29.7 Å². The summed E-state index contributed by atoms with van der Waals surface area (Å²) in [5.74, 6) is -1.08. The number of hydrogen-bond acceptors (Lipinski definition) is 4. The van der Waals surface area contributed by atoms with Crippen LogP contribution in [0.2, 0.25) is 0 Å². The van der Waals surface area contributed by atoms with E-state index < -0.39 is 5.97 Å². The molecule has 0 atom stereocenters. The topological polar surface area (TPSA) is 83.0 Å². The normalized spacial score (nSPS) is 10.7. The van der Waals surface area contributed by atoms with E-state index in [2.05, 4.69) is 9.97 Å². The molecule has 21 heavy (non-hydrogen) atoms. The first kappa shape index (κ1) is 13.4. The minimum atomic E-state index is -1.08. The predicted molar refractivity (Wildman–Crippen MR) is 79.9 cm³/mol. The smallest absolute Gasteiger partial charge is 0.354 e. The third-order valence-electron chi connectivity index (χ3n) is 2.91. The van der Waals surface area contributed by atoms with Gasteiger partial charge in [0.25, 0.3) is 5.56 Å². The summed E-state index contributed by atoms with van der Waals surface area (Å²) in [6, 6.07) is 12.3. The molecule has 0 radical (unpaired) electrons. The van der Waals surface area contributed by atoms with E-state index in [4.69, 9.17) is 5.11 Å². The molecular formula is C15H10N2O3S. The number of aromatic nitrogens is 2. The molecule has 0 unspecified atom stereocenters. The van der Waals surface area contributed by atoms with Crippen LogP contribution in [0.5, 0.6) is 0 Å². The molecular weight excluding hydrogens is 288 g/mol. The van der Waals surface area contributed by atoms with Gasteiger partial charge in [-0.3, -0.25) is 4.79 Å². The zero-order valence-electron chi connectivity index (χ0n) is 10.7. The van der Waals surface area contributed by atoms with E-state index in [1.807, 2.05) is 24.3 Å². The van der Waals surface area contributed by atoms with Gasteiger partial charge in [-0.2, -0.15) is 0 Å². The average molecular weight is 298 g/mol. The summed E-state index contributed by atoms with van der Waals surface area (Å²) < 4.78 is 0. The van der Waals surface area contributed by atoms with Crippen LogP contribution in [0.4, 0.5) is 0 Å². The number of hydrogen-bond donors (Lipinski definition) is 2. The SMILES string of the molecule is O=C(O)c1cc(Sc2cc3ccccc3c(=O)[nH]2)ccn1. The average Bonchev–Trinajstić information content (AvgIpc) is 2.47. The molecule has 0 spiro atoms. The highest BCUT2D eigenvalue weighted by Crippen LogP contribution is 2.27. The summed E-state index contributed by atoms with van der Waals surface area (Å²) in [5, 5.41) is 11.1. The second-order valence-electron chi connectivity index (χ2n) is 4.33. The van der Waals surface area contributed by atoms with Crippen molar-refractivity contribution in [3.8, 4) is 0 Å². The van der Waals surface area contributed by atoms with Crippen molar-refractivity contribution in [1.82, 2.24) is 9.97 Å². The van der Waals surface area contributed by atoms with Crippen molar-refractivity contribution >= 4 is 28.5 Å². The third kappa shape index (κ3) is 2.80. The zero-order chi connectivity index (χ0) is 14.8. The highest BCUT2D eigenvalue weighted by molar-refractivity contribution is 7.99. The Morgan fingerprint density at radius 3 is 2.81 bits per heavy atom. The maximum absolute atomic E-state index is 12.0. The maximum atomic E-state index is 12.0. The van der Waals surface area contributed by atoms with Gasteiger partial charge in [0.05, 0.1) is 5.03 Å². The quantitative estimate of drug-likeness (QED) is 0.777. The van der Waals surface area contributed by atoms with Crippen molar-refractivity contribution < 1.29 is 9.90 Å². The van der Waals surface area contributed by atoms with Crippen molar-refractivity contribution in [2.45, 2.75) is 9.92 Å². The Bertz CT molecular complexity index is 889. The lowest BCUT2D eigenvalue weighted by atomic mass is 10.2. The number of nitrogens with zero attached hydrogens (tertiary/aromatic N) is 1. The van der Waals surface area contributed by atoms with Gasteiger partial charge in [0.15, 0.2) is 0 Å². The Morgan fingerprint density at radius 1 is 1.19 bits per heavy atom. The molecule has 0 amide bonds. The number of nitrogens with one attached hydrogen (secondary N) is 1. The standard InChI is InChI=1S/C15H10N2O3S/c18-14-11-4-2-1-3-9(11)7-13(17-14)21-10-5-6-16-12(8-10)15(19)20/h1-8H,(H,17,18)(H,19,20). The summed E-state index contributed by atoms with van der Waals surface area (Å²) in [4.78, 5) is 30.1. The maximum Gasteiger partial charge on any atom is 0.354 e. The van der Waals surface area contributed by atoms with E-state index in [0.29, 0.717) is 15.3 Å². The molecule has 0 saturated heterocycles. The lowest BCUT2D eigenvalue weighted by Gasteiger charge is -2.04. The van der Waals surface area contributed by atoms with Gasteiger partial charge >= 0.3 is 5.97 Å². The number of benzene rings is 1. The van der Waals surface area contributed by atoms with Crippen LogP contribution in [-0.2, 0) is 0 Å². The Balaban J connectivity index is 2.00. The first-order chi connectivity index (χ1) is 10.1. The van der Waals surface area contributed by atoms with Crippen LogP contribution in [0.1, 0.15) is 10.5 Å². The van der Waals surface area contributed by atoms with E-state index in [1.54, 1.807) is 12.1 Å². The van der Waals surface area contributed by atoms with E-state index >= 15 is 0 Å². The molecule has 2 aromatic heterocycles. The minimum absolute atomic E-state index is 0.0249. The zero-order valence-corrected chi connectivity index (χ0v) is 11.6. The van der Waals surface area contributed by atoms with Gasteiger partial charge < -0.3 is 10.1 Å². The van der Waals surface area contributed by atoms with Crippen molar-refractivity contribution in [1.29, 1.82) is 0 Å². The highest BCUT2D eigenvalue weighted by Gasteiger charge is 2.07. The molecule has 0 aliphatic heterocycles. The van der Waals surface area contributed by atoms with Gasteiger partial charge in [-0.25, -0.2) is 9.78 Å². The molecule has 2 heterocycles. The van der Waals surface area contributed by atoms with Crippen molar-refractivity contribution in [2.75, 3.05) is 0 Å². The molecule has 5 nitrogen and oxygen atoms in total. The summed E-state index contributed by atoms with van der Waals surface area (Å²) in [6.45, 7) is 0. The summed E-state index contributed by atoms with van der Waals surface area (Å²) >= 11 is 1.29. The molecule has 104 valence electrons. The molecule has 0 aliphatic rings. The van der Waals surface area contributed by atoms with Crippen LogP contribution in [0.15, 0.2) is 63.4 Å². The van der Waals surface area contributed by atoms with Crippen LogP contribution >= 0.6 is 11.8 Å². The fourth-order valence-electron chi connectivity index (χ4n) is 1.96. The number of aromatic carboxylic acids is 1. The van der Waals surface area contributed by atoms with Crippen LogP contribution in [0.25, 0.3) is 10.8 Å². The molecule has 2 N–H and O–H groups in total. The number of carbonyl (C=O) groups is 1. The van der Waals surface area contributed by atoms with Crippen molar-refractivity contribution in [3.05, 3.63) is 64.7 Å². The Kier molecular flexibility index (Phi) is 3.45. The number of aromatic amines is 1. The monoisotopic (exact) mass is 298 g/mol. The molecule has 3 rings (SSSR count). The lowest BCUT2D eigenvalue weighted by molar-refractivity contribution is 0.0690. The fourth-order valence-corrected chi connectivity index (χ4v) is 2.84. The molecule has 0 bridgehead atoms. The Labute approximate surface area is 123 Å². The van der Waals surface area contributed by atoms with E-state index in [-0.39, 0.29) is 11.3 Å². The van der Waals surface area contributed by atoms with Crippen LogP contribution in [0, 0.1) is 0 Å². The van der Waals surface area contributed by atoms with Crippen LogP contribution in [0.3, 0.4) is 0 Å². The second kappa shape index (κ2) is 5.41. The molecule has 0 saturated carbocycles. The Morgan fingerprint density at radius 2 is 2.00 bits per heavy atom. The first-order valence-electron chi connectivity index (χ1n) is 6.13. The highest BCUT2D eigenvalue weighted by atomic mass is 32.2. The molecule has 0 aliphatic carbocycles. The minimum Gasteiger partial charge on any atom is -0.477 e. The van der Waals surface area contributed by atoms with Gasteiger partial charge in [-0.15, -0.1) is 0 Å². The molecule has 1 aromatic carbocycles. The summed E-state index contributed by atoms with van der Waals surface area (Å²) in [6.07, 6.45) is 1.44. The number of pyridine rings is 2. The first-order valence-corrected chi connectivity index (χ1v) is 6.94. The lowest BCUT2D eigenvalue weighted by Crippen LogP contribution is -2.06. The van der Waals surface area contributed by atoms with Crippen molar-refractivity contribution in [3.63, 3.8) is 0 Å². The second-order valence-corrected chi connectivity index (χ2v) is 5.45. The molecule has 6 heteroatoms. The van der Waals surface area contributed by atoms with Gasteiger partial charge in [-0.1, -0.05) is 30.0 Å². The number of carboxylic acids is 1. The van der Waals surface area contributed by atoms with E-state index in [1.165, 1.54) is 24.0 Å². The number of fused-ring (bicyclic) bond motifs is 1. The fraction of sp³-hybridized carbons (Fsp3) is 0. The van der Waals surface area contributed by atoms with Crippen molar-refractivity contribution in [2.24, 2.45) is 0 Å². The van der Waals surface area contributed by atoms with Gasteiger partial charge in [0, 0.05) is 16.5 Å². The van der Waals surface area contributed by atoms with Gasteiger partial charge in [0.1, 0.15) is 5.69 Å². The third-order valence-corrected chi connectivity index (χ3v) is 3.84. The largest absolute Gasteiger partial charge is 0.477 e. The van der Waals surface area contributed by atoms with E-state index in [9.17, 15) is 9.59 Å². The summed E-state index contributed by atoms with van der Waals surface area (Å²) in [5.41, 5.74) is -0.189. The molecule has 3 aromatic rings. The van der Waals surface area contributed by atoms with Crippen LogP contribution < -0.4 is 5.56 Å². The van der Waals surface area contributed by atoms with Gasteiger partial charge in [0.2, 0.25) is 0 Å². The van der Waals surface area contributed by atoms with Crippen LogP contribution in [-0.4, -0.2) is 21.0 Å². The number of carboxylic acid groups (broad SMARTS) is 1. The Hall–Kier alpha value is -2.60. The molecule has 0 fully saturated rings. The number of rotatable bonds is 3. The predicted octanol–water partition coefficient (Wildman–Crippen LogP) is 2.77.